The van der Waals surface area contributed by atoms with E-state index in [1.54, 1.807) is 18.2 Å². The summed E-state index contributed by atoms with van der Waals surface area (Å²) in [6.45, 7) is 3.87. The van der Waals surface area contributed by atoms with Crippen molar-refractivity contribution in [3.63, 3.8) is 0 Å². The third-order valence-corrected chi connectivity index (χ3v) is 4.80. The van der Waals surface area contributed by atoms with Crippen molar-refractivity contribution in [2.45, 2.75) is 13.3 Å². The van der Waals surface area contributed by atoms with E-state index in [9.17, 15) is 19.7 Å². The number of fused-ring (bicyclic) bond motifs is 1. The Bertz CT molecular complexity index is 918. The largest absolute Gasteiger partial charge is 0.492 e. The van der Waals surface area contributed by atoms with Crippen molar-refractivity contribution < 1.29 is 24.3 Å². The van der Waals surface area contributed by atoms with Crippen LogP contribution in [0.2, 0.25) is 0 Å². The normalized spacial score (nSPS) is 12.6. The monoisotopic (exact) mass is 413 g/mol. The van der Waals surface area contributed by atoms with E-state index in [-0.39, 0.29) is 25.1 Å². The van der Waals surface area contributed by atoms with Crippen LogP contribution in [0.4, 0.5) is 5.69 Å². The minimum atomic E-state index is -0.899. The second-order valence-corrected chi connectivity index (χ2v) is 6.64. The standard InChI is InChI=1S/C21H23N3O6/c1-2-22(16-7-4-3-5-8-16)12-14-29-17-9-10-18-19(15-17)21(26)23(20(18)25)11-6-13-30-24(27)28/h3-5,7-10,15H,2,6,11-14H2,1H3. The number of likely N-dealkylation sites (N-methyl/N-ethyl adjacent to an activating group) is 1. The Morgan fingerprint density at radius 3 is 2.47 bits per heavy atom. The van der Waals surface area contributed by atoms with Gasteiger partial charge in [0.25, 0.3) is 16.9 Å². The summed E-state index contributed by atoms with van der Waals surface area (Å²) >= 11 is 0. The predicted molar refractivity (Wildman–Crippen MR) is 109 cm³/mol. The molecule has 0 unspecified atom stereocenters. The average molecular weight is 413 g/mol. The topological polar surface area (TPSA) is 102 Å². The quantitative estimate of drug-likeness (QED) is 0.242. The number of amides is 2. The van der Waals surface area contributed by atoms with Crippen LogP contribution in [0.15, 0.2) is 48.5 Å². The summed E-state index contributed by atoms with van der Waals surface area (Å²) in [5.41, 5.74) is 1.69. The molecule has 0 aromatic heterocycles. The maximum atomic E-state index is 12.6. The average Bonchev–Trinajstić information content (AvgIpc) is 2.99. The Labute approximate surface area is 173 Å². The first-order chi connectivity index (χ1) is 14.5. The van der Waals surface area contributed by atoms with E-state index in [4.69, 9.17) is 4.74 Å². The minimum Gasteiger partial charge on any atom is -0.492 e. The van der Waals surface area contributed by atoms with Gasteiger partial charge < -0.3 is 14.5 Å². The number of rotatable bonds is 11. The van der Waals surface area contributed by atoms with Crippen LogP contribution in [0.1, 0.15) is 34.1 Å². The second kappa shape index (κ2) is 9.73. The van der Waals surface area contributed by atoms with Crippen LogP contribution in [0.5, 0.6) is 5.75 Å². The summed E-state index contributed by atoms with van der Waals surface area (Å²) in [7, 11) is 0. The third-order valence-electron chi connectivity index (χ3n) is 4.80. The lowest BCUT2D eigenvalue weighted by molar-refractivity contribution is -0.757. The molecule has 1 heterocycles. The van der Waals surface area contributed by atoms with Crippen LogP contribution in [0.25, 0.3) is 0 Å². The van der Waals surface area contributed by atoms with Gasteiger partial charge in [-0.15, -0.1) is 10.1 Å². The number of benzene rings is 2. The molecule has 9 nitrogen and oxygen atoms in total. The Hall–Kier alpha value is -3.62. The molecule has 0 N–H and O–H groups in total. The van der Waals surface area contributed by atoms with Gasteiger partial charge in [-0.25, -0.2) is 0 Å². The number of carbonyl (C=O) groups excluding carboxylic acids is 2. The van der Waals surface area contributed by atoms with Crippen molar-refractivity contribution >= 4 is 17.5 Å². The number of nitrogens with zero attached hydrogens (tertiary/aromatic N) is 3. The molecule has 0 bridgehead atoms. The first kappa shape index (κ1) is 21.1. The number of anilines is 1. The van der Waals surface area contributed by atoms with Crippen molar-refractivity contribution in [3.05, 3.63) is 69.8 Å². The molecule has 2 aromatic carbocycles. The van der Waals surface area contributed by atoms with Gasteiger partial charge in [-0.2, -0.15) is 0 Å². The number of para-hydroxylation sites is 1. The maximum Gasteiger partial charge on any atom is 0.294 e. The zero-order chi connectivity index (χ0) is 21.5. The smallest absolute Gasteiger partial charge is 0.294 e. The molecule has 0 aliphatic carbocycles. The molecule has 2 aromatic rings. The van der Waals surface area contributed by atoms with Gasteiger partial charge in [0, 0.05) is 18.8 Å². The molecule has 0 saturated carbocycles. The van der Waals surface area contributed by atoms with Gasteiger partial charge in [0.05, 0.1) is 24.3 Å². The molecular formula is C21H23N3O6. The summed E-state index contributed by atoms with van der Waals surface area (Å²) in [6.07, 6.45) is 0.183. The van der Waals surface area contributed by atoms with Gasteiger partial charge in [0.1, 0.15) is 12.4 Å². The molecule has 0 radical (unpaired) electrons. The molecular weight excluding hydrogens is 390 g/mol. The lowest BCUT2D eigenvalue weighted by Gasteiger charge is -2.23. The fourth-order valence-corrected chi connectivity index (χ4v) is 3.31. The summed E-state index contributed by atoms with van der Waals surface area (Å²) in [5, 5.41) is 9.29. The maximum absolute atomic E-state index is 12.6. The van der Waals surface area contributed by atoms with Gasteiger partial charge in [0.2, 0.25) is 0 Å². The van der Waals surface area contributed by atoms with Crippen molar-refractivity contribution in [2.75, 3.05) is 37.7 Å². The van der Waals surface area contributed by atoms with Crippen LogP contribution in [-0.4, -0.2) is 54.6 Å². The highest BCUT2D eigenvalue weighted by molar-refractivity contribution is 6.21. The first-order valence-electron chi connectivity index (χ1n) is 9.71. The van der Waals surface area contributed by atoms with E-state index in [0.29, 0.717) is 24.5 Å². The zero-order valence-electron chi connectivity index (χ0n) is 16.7. The molecule has 1 aliphatic heterocycles. The molecule has 3 rings (SSSR count). The summed E-state index contributed by atoms with van der Waals surface area (Å²) in [6, 6.07) is 14.8. The van der Waals surface area contributed by atoms with E-state index >= 15 is 0 Å². The SMILES string of the molecule is CCN(CCOc1ccc2c(c1)C(=O)N(CCCO[N+](=O)[O-])C2=O)c1ccccc1. The summed E-state index contributed by atoms with van der Waals surface area (Å²) in [4.78, 5) is 42.7. The third kappa shape index (κ3) is 4.86. The Morgan fingerprint density at radius 1 is 1.03 bits per heavy atom. The molecule has 158 valence electrons. The second-order valence-electron chi connectivity index (χ2n) is 6.64. The van der Waals surface area contributed by atoms with E-state index < -0.39 is 16.9 Å². The molecule has 2 amide bonds. The molecule has 0 atom stereocenters. The Morgan fingerprint density at radius 2 is 1.77 bits per heavy atom. The minimum absolute atomic E-state index is 0.0545. The first-order valence-corrected chi connectivity index (χ1v) is 9.71. The molecule has 9 heteroatoms. The van der Waals surface area contributed by atoms with Crippen LogP contribution in [0.3, 0.4) is 0 Å². The highest BCUT2D eigenvalue weighted by Crippen LogP contribution is 2.27. The Balaban J connectivity index is 1.57. The van der Waals surface area contributed by atoms with Gasteiger partial charge in [-0.05, 0) is 43.7 Å². The lowest BCUT2D eigenvalue weighted by Crippen LogP contribution is -2.31. The van der Waals surface area contributed by atoms with Crippen molar-refractivity contribution in [3.8, 4) is 5.75 Å². The number of carbonyl (C=O) groups is 2. The molecule has 0 spiro atoms. The van der Waals surface area contributed by atoms with Crippen molar-refractivity contribution in [2.24, 2.45) is 0 Å². The molecule has 1 aliphatic rings. The number of imide groups is 1. The van der Waals surface area contributed by atoms with E-state index in [1.165, 1.54) is 0 Å². The molecule has 0 saturated heterocycles. The van der Waals surface area contributed by atoms with Gasteiger partial charge >= 0.3 is 0 Å². The highest BCUT2D eigenvalue weighted by atomic mass is 16.9. The van der Waals surface area contributed by atoms with E-state index in [2.05, 4.69) is 16.7 Å². The summed E-state index contributed by atoms with van der Waals surface area (Å²) < 4.78 is 5.81. The van der Waals surface area contributed by atoms with E-state index in [1.807, 2.05) is 30.3 Å². The zero-order valence-corrected chi connectivity index (χ0v) is 16.7. The predicted octanol–water partition coefficient (Wildman–Crippen LogP) is 2.79. The van der Waals surface area contributed by atoms with Crippen LogP contribution < -0.4 is 9.64 Å². The molecule has 30 heavy (non-hydrogen) atoms. The number of hydrogen-bond acceptors (Lipinski definition) is 7. The van der Waals surface area contributed by atoms with Crippen LogP contribution in [-0.2, 0) is 4.84 Å². The van der Waals surface area contributed by atoms with Gasteiger partial charge in [-0.1, -0.05) is 18.2 Å². The van der Waals surface area contributed by atoms with Crippen LogP contribution in [0, 0.1) is 10.1 Å². The number of ether oxygens (including phenoxy) is 1. The highest BCUT2D eigenvalue weighted by Gasteiger charge is 2.35. The fourth-order valence-electron chi connectivity index (χ4n) is 3.31. The van der Waals surface area contributed by atoms with Gasteiger partial charge in [0.15, 0.2) is 0 Å². The fraction of sp³-hybridized carbons (Fsp3) is 0.333. The Kier molecular flexibility index (Phi) is 6.84. The molecule has 0 fully saturated rings. The van der Waals surface area contributed by atoms with Gasteiger partial charge in [-0.3, -0.25) is 14.5 Å². The number of hydrogen-bond donors (Lipinski definition) is 0. The van der Waals surface area contributed by atoms with E-state index in [0.717, 1.165) is 17.1 Å². The summed E-state index contributed by atoms with van der Waals surface area (Å²) in [5.74, 6) is -0.331. The van der Waals surface area contributed by atoms with Crippen molar-refractivity contribution in [1.29, 1.82) is 0 Å². The van der Waals surface area contributed by atoms with Crippen molar-refractivity contribution in [1.82, 2.24) is 4.90 Å². The lowest BCUT2D eigenvalue weighted by atomic mass is 10.1. The van der Waals surface area contributed by atoms with Crippen LogP contribution >= 0.6 is 0 Å².